The highest BCUT2D eigenvalue weighted by Crippen LogP contribution is 2.37. The molecule has 0 aliphatic carbocycles. The van der Waals surface area contributed by atoms with Crippen molar-refractivity contribution in [3.05, 3.63) is 50.7 Å². The van der Waals surface area contributed by atoms with Gasteiger partial charge in [-0.1, -0.05) is 18.2 Å². The summed E-state index contributed by atoms with van der Waals surface area (Å²) >= 11 is 0. The predicted octanol–water partition coefficient (Wildman–Crippen LogP) is 0.762. The van der Waals surface area contributed by atoms with Crippen molar-refractivity contribution in [1.29, 1.82) is 5.26 Å². The molecular formula is C17H15N5O3. The van der Waals surface area contributed by atoms with Gasteiger partial charge < -0.3 is 10.5 Å². The molecule has 0 spiro atoms. The molecule has 0 saturated heterocycles. The zero-order chi connectivity index (χ0) is 18.3. The molecule has 0 aliphatic heterocycles. The lowest BCUT2D eigenvalue weighted by atomic mass is 9.97. The van der Waals surface area contributed by atoms with E-state index < -0.39 is 11.2 Å². The van der Waals surface area contributed by atoms with E-state index in [1.807, 2.05) is 6.07 Å². The Morgan fingerprint density at radius 2 is 1.88 bits per heavy atom. The Labute approximate surface area is 142 Å². The van der Waals surface area contributed by atoms with Gasteiger partial charge in [0.1, 0.15) is 23.2 Å². The average Bonchev–Trinajstić information content (AvgIpc) is 2.63. The lowest BCUT2D eigenvalue weighted by Gasteiger charge is -2.15. The minimum atomic E-state index is -0.553. The van der Waals surface area contributed by atoms with Gasteiger partial charge in [0.15, 0.2) is 5.65 Å². The van der Waals surface area contributed by atoms with E-state index in [1.54, 1.807) is 24.3 Å². The molecule has 3 aromatic rings. The summed E-state index contributed by atoms with van der Waals surface area (Å²) in [5, 5.41) is 9.72. The Morgan fingerprint density at radius 1 is 1.20 bits per heavy atom. The zero-order valence-electron chi connectivity index (χ0n) is 13.9. The topological polar surface area (TPSA) is 116 Å². The van der Waals surface area contributed by atoms with Gasteiger partial charge in [0.2, 0.25) is 0 Å². The molecule has 0 saturated carbocycles. The lowest BCUT2D eigenvalue weighted by molar-refractivity contribution is 0.416. The van der Waals surface area contributed by atoms with Crippen LogP contribution in [-0.2, 0) is 14.1 Å². The Hall–Kier alpha value is -3.60. The quantitative estimate of drug-likeness (QED) is 0.738. The number of para-hydroxylation sites is 1. The number of aryl methyl sites for hydroxylation is 1. The number of nitriles is 1. The van der Waals surface area contributed by atoms with Gasteiger partial charge in [-0.2, -0.15) is 5.26 Å². The number of nitrogens with zero attached hydrogens (tertiary/aromatic N) is 4. The Bertz CT molecular complexity index is 1170. The predicted molar refractivity (Wildman–Crippen MR) is 93.3 cm³/mol. The minimum Gasteiger partial charge on any atom is -0.496 e. The van der Waals surface area contributed by atoms with Crippen LogP contribution in [-0.4, -0.2) is 21.2 Å². The van der Waals surface area contributed by atoms with Crippen molar-refractivity contribution in [3.8, 4) is 22.9 Å². The van der Waals surface area contributed by atoms with Crippen LogP contribution in [0.5, 0.6) is 5.75 Å². The molecule has 8 nitrogen and oxygen atoms in total. The summed E-state index contributed by atoms with van der Waals surface area (Å²) in [5.74, 6) is 0.418. The summed E-state index contributed by atoms with van der Waals surface area (Å²) in [5.41, 5.74) is 5.86. The summed E-state index contributed by atoms with van der Waals surface area (Å²) in [7, 11) is 4.36. The number of pyridine rings is 1. The molecule has 126 valence electrons. The molecule has 3 rings (SSSR count). The number of hydrogen-bond donors (Lipinski definition) is 1. The number of methoxy groups -OCH3 is 1. The van der Waals surface area contributed by atoms with Gasteiger partial charge in [0, 0.05) is 25.2 Å². The molecule has 1 aromatic carbocycles. The van der Waals surface area contributed by atoms with Crippen LogP contribution in [0.1, 0.15) is 5.56 Å². The minimum absolute atomic E-state index is 0.0563. The number of nitrogens with two attached hydrogens (primary N) is 1. The van der Waals surface area contributed by atoms with Crippen molar-refractivity contribution in [1.82, 2.24) is 14.1 Å². The number of hydrogen-bond acceptors (Lipinski definition) is 6. The summed E-state index contributed by atoms with van der Waals surface area (Å²) < 4.78 is 7.57. The molecule has 8 heteroatoms. The molecule has 0 fully saturated rings. The summed E-state index contributed by atoms with van der Waals surface area (Å²) in [6.45, 7) is 0. The molecular weight excluding hydrogens is 322 g/mol. The standard InChI is InChI=1S/C17H15N5O3/c1-21-15-13(16(23)22(2)17(21)24)12(10(8-18)14(19)20-15)9-6-4-5-7-11(9)25-3/h4-7H,1-3H3,(H2,19,20). The van der Waals surface area contributed by atoms with Gasteiger partial charge in [0.25, 0.3) is 5.56 Å². The normalized spacial score (nSPS) is 10.6. The second kappa shape index (κ2) is 5.79. The molecule has 2 heterocycles. The lowest BCUT2D eigenvalue weighted by Crippen LogP contribution is -2.37. The molecule has 0 radical (unpaired) electrons. The first-order chi connectivity index (χ1) is 11.9. The van der Waals surface area contributed by atoms with Crippen molar-refractivity contribution < 1.29 is 4.74 Å². The molecule has 25 heavy (non-hydrogen) atoms. The number of aromatic nitrogens is 3. The van der Waals surface area contributed by atoms with E-state index in [1.165, 1.54) is 25.8 Å². The highest BCUT2D eigenvalue weighted by molar-refractivity contribution is 5.99. The molecule has 0 bridgehead atoms. The van der Waals surface area contributed by atoms with Crippen LogP contribution < -0.4 is 21.7 Å². The number of ether oxygens (including phenoxy) is 1. The Kier molecular flexibility index (Phi) is 3.77. The van der Waals surface area contributed by atoms with E-state index in [9.17, 15) is 14.9 Å². The monoisotopic (exact) mass is 337 g/mol. The maximum absolute atomic E-state index is 12.8. The fourth-order valence-corrected chi connectivity index (χ4v) is 2.84. The van der Waals surface area contributed by atoms with E-state index >= 15 is 0 Å². The Morgan fingerprint density at radius 3 is 2.52 bits per heavy atom. The van der Waals surface area contributed by atoms with Gasteiger partial charge in [-0.3, -0.25) is 13.9 Å². The summed E-state index contributed by atoms with van der Waals surface area (Å²) in [6.07, 6.45) is 0. The van der Waals surface area contributed by atoms with Crippen LogP contribution in [0.15, 0.2) is 33.9 Å². The highest BCUT2D eigenvalue weighted by atomic mass is 16.5. The van der Waals surface area contributed by atoms with E-state index in [4.69, 9.17) is 10.5 Å². The van der Waals surface area contributed by atoms with Crippen molar-refractivity contribution in [2.24, 2.45) is 14.1 Å². The third kappa shape index (κ3) is 2.25. The van der Waals surface area contributed by atoms with Crippen LogP contribution in [0.3, 0.4) is 0 Å². The fourth-order valence-electron chi connectivity index (χ4n) is 2.84. The summed E-state index contributed by atoms with van der Waals surface area (Å²) in [4.78, 5) is 29.1. The third-order valence-electron chi connectivity index (χ3n) is 4.10. The van der Waals surface area contributed by atoms with Crippen LogP contribution in [0.4, 0.5) is 5.82 Å². The summed E-state index contributed by atoms with van der Waals surface area (Å²) in [6, 6.07) is 8.97. The van der Waals surface area contributed by atoms with Gasteiger partial charge in [-0.25, -0.2) is 9.78 Å². The number of fused-ring (bicyclic) bond motifs is 1. The van der Waals surface area contributed by atoms with Crippen molar-refractivity contribution >= 4 is 16.9 Å². The first-order valence-corrected chi connectivity index (χ1v) is 7.35. The van der Waals surface area contributed by atoms with E-state index in [0.29, 0.717) is 16.9 Å². The second-order valence-corrected chi connectivity index (χ2v) is 5.46. The highest BCUT2D eigenvalue weighted by Gasteiger charge is 2.23. The number of nitrogen functional groups attached to an aromatic ring is 1. The van der Waals surface area contributed by atoms with Crippen molar-refractivity contribution in [2.45, 2.75) is 0 Å². The smallest absolute Gasteiger partial charge is 0.332 e. The van der Waals surface area contributed by atoms with Gasteiger partial charge in [-0.15, -0.1) is 0 Å². The molecule has 0 atom stereocenters. The molecule has 0 aliphatic rings. The molecule has 2 aromatic heterocycles. The van der Waals surface area contributed by atoms with Crippen LogP contribution in [0.2, 0.25) is 0 Å². The van der Waals surface area contributed by atoms with E-state index in [0.717, 1.165) is 4.57 Å². The number of anilines is 1. The number of rotatable bonds is 2. The zero-order valence-corrected chi connectivity index (χ0v) is 13.9. The molecule has 0 unspecified atom stereocenters. The maximum Gasteiger partial charge on any atom is 0.332 e. The maximum atomic E-state index is 12.8. The first kappa shape index (κ1) is 16.3. The molecule has 2 N–H and O–H groups in total. The Balaban J connectivity index is 2.69. The second-order valence-electron chi connectivity index (χ2n) is 5.46. The average molecular weight is 337 g/mol. The first-order valence-electron chi connectivity index (χ1n) is 7.35. The molecule has 0 amide bonds. The van der Waals surface area contributed by atoms with Crippen molar-refractivity contribution in [3.63, 3.8) is 0 Å². The van der Waals surface area contributed by atoms with E-state index in [-0.39, 0.29) is 22.4 Å². The van der Waals surface area contributed by atoms with Crippen LogP contribution >= 0.6 is 0 Å². The van der Waals surface area contributed by atoms with E-state index in [2.05, 4.69) is 4.98 Å². The largest absolute Gasteiger partial charge is 0.496 e. The van der Waals surface area contributed by atoms with Crippen LogP contribution in [0.25, 0.3) is 22.2 Å². The number of benzene rings is 1. The van der Waals surface area contributed by atoms with Crippen LogP contribution in [0, 0.1) is 11.3 Å². The SMILES string of the molecule is COc1ccccc1-c1c(C#N)c(N)nc2c1c(=O)n(C)c(=O)n2C. The van der Waals surface area contributed by atoms with Gasteiger partial charge >= 0.3 is 5.69 Å². The fraction of sp³-hybridized carbons (Fsp3) is 0.176. The third-order valence-corrected chi connectivity index (χ3v) is 4.10. The van der Waals surface area contributed by atoms with Crippen molar-refractivity contribution in [2.75, 3.05) is 12.8 Å². The van der Waals surface area contributed by atoms with Gasteiger partial charge in [-0.05, 0) is 6.07 Å². The van der Waals surface area contributed by atoms with Gasteiger partial charge in [0.05, 0.1) is 12.5 Å².